The third-order valence-electron chi connectivity index (χ3n) is 3.07. The van der Waals surface area contributed by atoms with E-state index in [4.69, 9.17) is 20.6 Å². The predicted molar refractivity (Wildman–Crippen MR) is 70.1 cm³/mol. The molecule has 1 aromatic carbocycles. The van der Waals surface area contributed by atoms with E-state index >= 15 is 0 Å². The maximum Gasteiger partial charge on any atom is 0.130 e. The normalized spacial score (nSPS) is 16.5. The van der Waals surface area contributed by atoms with Crippen molar-refractivity contribution in [3.05, 3.63) is 29.3 Å². The highest BCUT2D eigenvalue weighted by Crippen LogP contribution is 2.20. The van der Waals surface area contributed by atoms with Gasteiger partial charge in [0.15, 0.2) is 0 Å². The van der Waals surface area contributed by atoms with Crippen molar-refractivity contribution < 1.29 is 9.47 Å². The number of nitrogen functional groups attached to an aromatic ring is 1. The van der Waals surface area contributed by atoms with Crippen LogP contribution in [-0.4, -0.2) is 44.1 Å². The molecule has 2 rings (SSSR count). The van der Waals surface area contributed by atoms with Crippen LogP contribution < -0.4 is 10.5 Å². The Morgan fingerprint density at radius 3 is 2.78 bits per heavy atom. The molecule has 1 heterocycles. The largest absolute Gasteiger partial charge is 0.496 e. The maximum absolute atomic E-state index is 7.47. The first-order chi connectivity index (χ1) is 8.70. The second kappa shape index (κ2) is 5.84. The highest BCUT2D eigenvalue weighted by molar-refractivity contribution is 5.97. The Morgan fingerprint density at radius 2 is 2.17 bits per heavy atom. The molecule has 0 radical (unpaired) electrons. The molecule has 1 aliphatic heterocycles. The minimum atomic E-state index is 0.0322. The summed E-state index contributed by atoms with van der Waals surface area (Å²) in [6.45, 7) is 4.37. The Hall–Kier alpha value is -1.59. The Balaban J connectivity index is 2.11. The van der Waals surface area contributed by atoms with Crippen molar-refractivity contribution in [3.63, 3.8) is 0 Å². The maximum atomic E-state index is 7.47. The number of hydrogen-bond donors (Lipinski definition) is 2. The first kappa shape index (κ1) is 12.9. The minimum Gasteiger partial charge on any atom is -0.496 e. The average molecular weight is 249 g/mol. The quantitative estimate of drug-likeness (QED) is 0.612. The van der Waals surface area contributed by atoms with Gasteiger partial charge in [0.1, 0.15) is 11.6 Å². The molecule has 0 amide bonds. The number of morpholine rings is 1. The Morgan fingerprint density at radius 1 is 1.44 bits per heavy atom. The van der Waals surface area contributed by atoms with E-state index in [2.05, 4.69) is 4.90 Å². The van der Waals surface area contributed by atoms with E-state index in [1.54, 1.807) is 7.11 Å². The fraction of sp³-hybridized carbons (Fsp3) is 0.462. The van der Waals surface area contributed by atoms with Gasteiger partial charge in [0.05, 0.1) is 25.9 Å². The van der Waals surface area contributed by atoms with Crippen LogP contribution in [0.25, 0.3) is 0 Å². The minimum absolute atomic E-state index is 0.0322. The summed E-state index contributed by atoms with van der Waals surface area (Å²) in [5.74, 6) is 0.693. The van der Waals surface area contributed by atoms with Crippen LogP contribution in [0.3, 0.4) is 0 Å². The summed E-state index contributed by atoms with van der Waals surface area (Å²) in [6.07, 6.45) is 0. The first-order valence-electron chi connectivity index (χ1n) is 6.02. The van der Waals surface area contributed by atoms with E-state index in [0.29, 0.717) is 11.3 Å². The van der Waals surface area contributed by atoms with Gasteiger partial charge in [-0.05, 0) is 17.7 Å². The van der Waals surface area contributed by atoms with Crippen LogP contribution in [0.4, 0.5) is 0 Å². The number of nitrogens with one attached hydrogen (secondary N) is 1. The van der Waals surface area contributed by atoms with Gasteiger partial charge >= 0.3 is 0 Å². The van der Waals surface area contributed by atoms with Gasteiger partial charge in [-0.2, -0.15) is 0 Å². The smallest absolute Gasteiger partial charge is 0.130 e. The summed E-state index contributed by atoms with van der Waals surface area (Å²) in [7, 11) is 1.60. The van der Waals surface area contributed by atoms with Crippen LogP contribution in [0.15, 0.2) is 18.2 Å². The van der Waals surface area contributed by atoms with E-state index < -0.39 is 0 Å². The number of nitrogens with zero attached hydrogens (tertiary/aromatic N) is 1. The van der Waals surface area contributed by atoms with Crippen molar-refractivity contribution in [1.82, 2.24) is 4.90 Å². The van der Waals surface area contributed by atoms with Gasteiger partial charge < -0.3 is 15.2 Å². The molecule has 98 valence electrons. The molecule has 1 saturated heterocycles. The summed E-state index contributed by atoms with van der Waals surface area (Å²) in [5.41, 5.74) is 7.31. The summed E-state index contributed by atoms with van der Waals surface area (Å²) >= 11 is 0. The SMILES string of the molecule is COc1cc(CN2CCOCC2)ccc1C(=N)N. The monoisotopic (exact) mass is 249 g/mol. The number of nitrogens with two attached hydrogens (primary N) is 1. The number of hydrogen-bond acceptors (Lipinski definition) is 4. The third kappa shape index (κ3) is 3.00. The van der Waals surface area contributed by atoms with Gasteiger partial charge in [-0.15, -0.1) is 0 Å². The van der Waals surface area contributed by atoms with Crippen LogP contribution in [0.2, 0.25) is 0 Å². The van der Waals surface area contributed by atoms with Gasteiger partial charge in [-0.3, -0.25) is 10.3 Å². The third-order valence-corrected chi connectivity index (χ3v) is 3.07. The standard InChI is InChI=1S/C13H19N3O2/c1-17-12-8-10(2-3-11(12)13(14)15)9-16-4-6-18-7-5-16/h2-3,8H,4-7,9H2,1H3,(H3,14,15). The van der Waals surface area contributed by atoms with Gasteiger partial charge in [0, 0.05) is 19.6 Å². The fourth-order valence-electron chi connectivity index (χ4n) is 2.07. The number of amidine groups is 1. The molecule has 0 aromatic heterocycles. The fourth-order valence-corrected chi connectivity index (χ4v) is 2.07. The highest BCUT2D eigenvalue weighted by atomic mass is 16.5. The van der Waals surface area contributed by atoms with Crippen LogP contribution in [0.5, 0.6) is 5.75 Å². The lowest BCUT2D eigenvalue weighted by Gasteiger charge is -2.26. The lowest BCUT2D eigenvalue weighted by molar-refractivity contribution is 0.0341. The van der Waals surface area contributed by atoms with Crippen LogP contribution in [0, 0.1) is 5.41 Å². The molecule has 0 saturated carbocycles. The Kier molecular flexibility index (Phi) is 4.17. The van der Waals surface area contributed by atoms with Crippen molar-refractivity contribution in [2.24, 2.45) is 5.73 Å². The molecular formula is C13H19N3O2. The second-order valence-corrected chi connectivity index (χ2v) is 4.34. The summed E-state index contributed by atoms with van der Waals surface area (Å²) in [5, 5.41) is 7.47. The van der Waals surface area contributed by atoms with Crippen LogP contribution in [-0.2, 0) is 11.3 Å². The highest BCUT2D eigenvalue weighted by Gasteiger charge is 2.12. The van der Waals surface area contributed by atoms with E-state index in [9.17, 15) is 0 Å². The van der Waals surface area contributed by atoms with Gasteiger partial charge in [-0.1, -0.05) is 6.07 Å². The predicted octanol–water partition coefficient (Wildman–Crippen LogP) is 0.811. The van der Waals surface area contributed by atoms with Crippen molar-refractivity contribution in [1.29, 1.82) is 5.41 Å². The summed E-state index contributed by atoms with van der Waals surface area (Å²) in [6, 6.07) is 5.79. The van der Waals surface area contributed by atoms with E-state index in [0.717, 1.165) is 32.8 Å². The molecule has 5 nitrogen and oxygen atoms in total. The molecule has 5 heteroatoms. The molecular weight excluding hydrogens is 230 g/mol. The van der Waals surface area contributed by atoms with Crippen molar-refractivity contribution in [2.45, 2.75) is 6.54 Å². The van der Waals surface area contributed by atoms with Gasteiger partial charge in [0.2, 0.25) is 0 Å². The lowest BCUT2D eigenvalue weighted by atomic mass is 10.1. The van der Waals surface area contributed by atoms with Crippen molar-refractivity contribution in [2.75, 3.05) is 33.4 Å². The summed E-state index contributed by atoms with van der Waals surface area (Å²) < 4.78 is 10.6. The van der Waals surface area contributed by atoms with E-state index in [1.165, 1.54) is 5.56 Å². The molecule has 18 heavy (non-hydrogen) atoms. The molecule has 1 aliphatic rings. The average Bonchev–Trinajstić information content (AvgIpc) is 2.39. The number of methoxy groups -OCH3 is 1. The van der Waals surface area contributed by atoms with Crippen molar-refractivity contribution in [3.8, 4) is 5.75 Å². The van der Waals surface area contributed by atoms with E-state index in [-0.39, 0.29) is 5.84 Å². The van der Waals surface area contributed by atoms with Crippen LogP contribution >= 0.6 is 0 Å². The topological polar surface area (TPSA) is 71.6 Å². The number of rotatable bonds is 4. The van der Waals surface area contributed by atoms with E-state index in [1.807, 2.05) is 18.2 Å². The summed E-state index contributed by atoms with van der Waals surface area (Å²) in [4.78, 5) is 2.34. The van der Waals surface area contributed by atoms with Crippen molar-refractivity contribution >= 4 is 5.84 Å². The zero-order chi connectivity index (χ0) is 13.0. The number of ether oxygens (including phenoxy) is 2. The Bertz CT molecular complexity index is 428. The second-order valence-electron chi connectivity index (χ2n) is 4.34. The van der Waals surface area contributed by atoms with Crippen LogP contribution in [0.1, 0.15) is 11.1 Å². The lowest BCUT2D eigenvalue weighted by Crippen LogP contribution is -2.35. The first-order valence-corrected chi connectivity index (χ1v) is 6.02. The molecule has 0 spiro atoms. The van der Waals surface area contributed by atoms with Gasteiger partial charge in [-0.25, -0.2) is 0 Å². The molecule has 0 aliphatic carbocycles. The molecule has 0 bridgehead atoms. The molecule has 0 atom stereocenters. The van der Waals surface area contributed by atoms with Gasteiger partial charge in [0.25, 0.3) is 0 Å². The number of benzene rings is 1. The molecule has 3 N–H and O–H groups in total. The zero-order valence-electron chi connectivity index (χ0n) is 10.6. The molecule has 1 aromatic rings. The Labute approximate surface area is 107 Å². The zero-order valence-corrected chi connectivity index (χ0v) is 10.6. The molecule has 0 unspecified atom stereocenters. The molecule has 1 fully saturated rings.